The first-order chi connectivity index (χ1) is 13.6. The molecule has 2 aliphatic heterocycles. The highest BCUT2D eigenvalue weighted by molar-refractivity contribution is 7.22. The van der Waals surface area contributed by atoms with Crippen LogP contribution in [0.4, 0.5) is 10.8 Å². The van der Waals surface area contributed by atoms with Crippen LogP contribution in [0, 0.1) is 12.8 Å². The summed E-state index contributed by atoms with van der Waals surface area (Å²) in [6.45, 7) is 2.53. The standard InChI is InChI=1S/C20H17N3O4S/c1-11-2-4-14-17(6-11)28-20(21-14)22-19(25)12-7-18(24)23(9-12)13-3-5-15-16(8-13)27-10-26-15/h2-6,8,12H,7,9-10H2,1H3,(H,21,22,25). The Bertz CT molecular complexity index is 1110. The smallest absolute Gasteiger partial charge is 0.231 e. The zero-order valence-electron chi connectivity index (χ0n) is 15.1. The van der Waals surface area contributed by atoms with Crippen molar-refractivity contribution in [1.29, 1.82) is 0 Å². The van der Waals surface area contributed by atoms with Crippen molar-refractivity contribution in [3.8, 4) is 11.5 Å². The first kappa shape index (κ1) is 17.0. The highest BCUT2D eigenvalue weighted by Gasteiger charge is 2.36. The fourth-order valence-electron chi connectivity index (χ4n) is 3.48. The van der Waals surface area contributed by atoms with Crippen LogP contribution in [0.15, 0.2) is 36.4 Å². The van der Waals surface area contributed by atoms with Crippen molar-refractivity contribution in [3.05, 3.63) is 42.0 Å². The predicted octanol–water partition coefficient (Wildman–Crippen LogP) is 3.33. The van der Waals surface area contributed by atoms with Crippen LogP contribution in [0.5, 0.6) is 11.5 Å². The van der Waals surface area contributed by atoms with Crippen LogP contribution in [0.3, 0.4) is 0 Å². The number of hydrogen-bond donors (Lipinski definition) is 1. The summed E-state index contributed by atoms with van der Waals surface area (Å²) in [6, 6.07) is 11.3. The molecule has 8 heteroatoms. The number of amides is 2. The van der Waals surface area contributed by atoms with Crippen molar-refractivity contribution >= 4 is 44.2 Å². The summed E-state index contributed by atoms with van der Waals surface area (Å²) in [7, 11) is 0. The molecule has 3 aromatic rings. The van der Waals surface area contributed by atoms with E-state index in [2.05, 4.69) is 10.3 Å². The van der Waals surface area contributed by atoms with Gasteiger partial charge in [0, 0.05) is 24.7 Å². The number of rotatable bonds is 3. The molecule has 28 heavy (non-hydrogen) atoms. The van der Waals surface area contributed by atoms with Crippen LogP contribution in [0.1, 0.15) is 12.0 Å². The van der Waals surface area contributed by atoms with E-state index in [4.69, 9.17) is 9.47 Å². The normalized spacial score (nSPS) is 18.1. The number of aromatic nitrogens is 1. The van der Waals surface area contributed by atoms with Gasteiger partial charge in [0.2, 0.25) is 18.6 Å². The summed E-state index contributed by atoms with van der Waals surface area (Å²) in [5.74, 6) is 0.580. The van der Waals surface area contributed by atoms with Gasteiger partial charge in [-0.1, -0.05) is 17.4 Å². The van der Waals surface area contributed by atoms with Crippen molar-refractivity contribution in [2.24, 2.45) is 5.92 Å². The lowest BCUT2D eigenvalue weighted by atomic mass is 10.1. The van der Waals surface area contributed by atoms with Gasteiger partial charge in [-0.3, -0.25) is 9.59 Å². The Morgan fingerprint density at radius 2 is 2.07 bits per heavy atom. The molecule has 5 rings (SSSR count). The Labute approximate surface area is 164 Å². The number of fused-ring (bicyclic) bond motifs is 2. The van der Waals surface area contributed by atoms with Gasteiger partial charge in [-0.25, -0.2) is 4.98 Å². The Kier molecular flexibility index (Phi) is 3.94. The molecule has 0 aliphatic carbocycles. The molecular weight excluding hydrogens is 378 g/mol. The molecule has 0 spiro atoms. The number of carbonyl (C=O) groups is 2. The summed E-state index contributed by atoms with van der Waals surface area (Å²) < 4.78 is 11.7. The number of nitrogens with zero attached hydrogens (tertiary/aromatic N) is 2. The number of thiazole rings is 1. The highest BCUT2D eigenvalue weighted by Crippen LogP contribution is 2.37. The molecule has 1 fully saturated rings. The predicted molar refractivity (Wildman–Crippen MR) is 106 cm³/mol. The maximum Gasteiger partial charge on any atom is 0.231 e. The van der Waals surface area contributed by atoms with Crippen LogP contribution in [-0.4, -0.2) is 30.1 Å². The van der Waals surface area contributed by atoms with Gasteiger partial charge >= 0.3 is 0 Å². The second-order valence-corrected chi connectivity index (χ2v) is 7.95. The summed E-state index contributed by atoms with van der Waals surface area (Å²) >= 11 is 1.44. The molecule has 2 aliphatic rings. The van der Waals surface area contributed by atoms with Gasteiger partial charge in [0.25, 0.3) is 0 Å². The minimum atomic E-state index is -0.424. The third kappa shape index (κ3) is 2.95. The van der Waals surface area contributed by atoms with Gasteiger partial charge in [0.15, 0.2) is 16.6 Å². The molecule has 7 nitrogen and oxygen atoms in total. The maximum atomic E-state index is 12.7. The van der Waals surface area contributed by atoms with Crippen LogP contribution >= 0.6 is 11.3 Å². The van der Waals surface area contributed by atoms with E-state index >= 15 is 0 Å². The number of anilines is 2. The summed E-state index contributed by atoms with van der Waals surface area (Å²) in [5, 5.41) is 3.43. The molecule has 0 radical (unpaired) electrons. The van der Waals surface area contributed by atoms with E-state index < -0.39 is 5.92 Å². The van der Waals surface area contributed by atoms with Crippen LogP contribution < -0.4 is 19.7 Å². The van der Waals surface area contributed by atoms with Gasteiger partial charge in [-0.2, -0.15) is 0 Å². The zero-order chi connectivity index (χ0) is 19.3. The first-order valence-electron chi connectivity index (χ1n) is 8.95. The second kappa shape index (κ2) is 6.49. The minimum absolute atomic E-state index is 0.0843. The van der Waals surface area contributed by atoms with Crippen LogP contribution in [0.2, 0.25) is 0 Å². The fourth-order valence-corrected chi connectivity index (χ4v) is 4.45. The molecular formula is C20H17N3O4S. The number of hydrogen-bond acceptors (Lipinski definition) is 6. The Morgan fingerprint density at radius 1 is 1.21 bits per heavy atom. The summed E-state index contributed by atoms with van der Waals surface area (Å²) in [5.41, 5.74) is 2.71. The van der Waals surface area contributed by atoms with Crippen molar-refractivity contribution in [1.82, 2.24) is 4.98 Å². The van der Waals surface area contributed by atoms with Gasteiger partial charge in [0.05, 0.1) is 16.1 Å². The zero-order valence-corrected chi connectivity index (χ0v) is 15.9. The Morgan fingerprint density at radius 3 is 2.96 bits per heavy atom. The molecule has 0 saturated carbocycles. The van der Waals surface area contributed by atoms with E-state index in [-0.39, 0.29) is 25.0 Å². The molecule has 1 unspecified atom stereocenters. The van der Waals surface area contributed by atoms with E-state index in [0.717, 1.165) is 15.8 Å². The molecule has 1 saturated heterocycles. The quantitative estimate of drug-likeness (QED) is 0.736. The largest absolute Gasteiger partial charge is 0.454 e. The summed E-state index contributed by atoms with van der Waals surface area (Å²) in [4.78, 5) is 31.3. The molecule has 2 amide bonds. The molecule has 3 heterocycles. The van der Waals surface area contributed by atoms with E-state index in [1.54, 1.807) is 17.0 Å². The maximum absolute atomic E-state index is 12.7. The molecule has 1 aromatic heterocycles. The third-order valence-corrected chi connectivity index (χ3v) is 5.87. The molecule has 2 aromatic carbocycles. The topological polar surface area (TPSA) is 80.8 Å². The fraction of sp³-hybridized carbons (Fsp3) is 0.250. The third-order valence-electron chi connectivity index (χ3n) is 4.94. The van der Waals surface area contributed by atoms with Crippen molar-refractivity contribution in [2.75, 3.05) is 23.6 Å². The molecule has 142 valence electrons. The van der Waals surface area contributed by atoms with Crippen molar-refractivity contribution in [3.63, 3.8) is 0 Å². The van der Waals surface area contributed by atoms with E-state index in [9.17, 15) is 9.59 Å². The molecule has 1 N–H and O–H groups in total. The number of benzene rings is 2. The Balaban J connectivity index is 1.31. The van der Waals surface area contributed by atoms with E-state index in [0.29, 0.717) is 28.9 Å². The van der Waals surface area contributed by atoms with Gasteiger partial charge in [0.1, 0.15) is 0 Å². The van der Waals surface area contributed by atoms with E-state index in [1.165, 1.54) is 11.3 Å². The second-order valence-electron chi connectivity index (χ2n) is 6.92. The summed E-state index contributed by atoms with van der Waals surface area (Å²) in [6.07, 6.45) is 0.171. The van der Waals surface area contributed by atoms with Gasteiger partial charge in [-0.05, 0) is 36.8 Å². The van der Waals surface area contributed by atoms with Gasteiger partial charge < -0.3 is 19.7 Å². The Hall–Kier alpha value is -3.13. The van der Waals surface area contributed by atoms with Crippen molar-refractivity contribution in [2.45, 2.75) is 13.3 Å². The van der Waals surface area contributed by atoms with Gasteiger partial charge in [-0.15, -0.1) is 0 Å². The number of nitrogens with one attached hydrogen (secondary N) is 1. The highest BCUT2D eigenvalue weighted by atomic mass is 32.1. The first-order valence-corrected chi connectivity index (χ1v) is 9.76. The average molecular weight is 395 g/mol. The van der Waals surface area contributed by atoms with E-state index in [1.807, 2.05) is 31.2 Å². The van der Waals surface area contributed by atoms with Crippen LogP contribution in [-0.2, 0) is 9.59 Å². The SMILES string of the molecule is Cc1ccc2nc(NC(=O)C3CC(=O)N(c4ccc5c(c4)OCO5)C3)sc2c1. The lowest BCUT2D eigenvalue weighted by Gasteiger charge is -2.17. The number of ether oxygens (including phenoxy) is 2. The van der Waals surface area contributed by atoms with Crippen molar-refractivity contribution < 1.29 is 19.1 Å². The average Bonchev–Trinajstić information content (AvgIpc) is 3.38. The number of aryl methyl sites for hydroxylation is 1. The molecule has 0 bridgehead atoms. The monoisotopic (exact) mass is 395 g/mol. The minimum Gasteiger partial charge on any atom is -0.454 e. The lowest BCUT2D eigenvalue weighted by Crippen LogP contribution is -2.28. The lowest BCUT2D eigenvalue weighted by molar-refractivity contribution is -0.122. The van der Waals surface area contributed by atoms with Crippen LogP contribution in [0.25, 0.3) is 10.2 Å². The number of carbonyl (C=O) groups excluding carboxylic acids is 2. The molecule has 1 atom stereocenters.